The predicted octanol–water partition coefficient (Wildman–Crippen LogP) is 4.18. The molecule has 6 aliphatic carbocycles. The van der Waals surface area contributed by atoms with Crippen molar-refractivity contribution >= 4 is 5.97 Å². The number of aliphatic hydroxyl groups excluding tert-OH is 1. The van der Waals surface area contributed by atoms with Gasteiger partial charge in [-0.15, -0.1) is 0 Å². The Kier molecular flexibility index (Phi) is 3.08. The molecule has 9 atom stereocenters. The van der Waals surface area contributed by atoms with E-state index in [1.165, 1.54) is 39.0 Å². The normalized spacial score (nSPS) is 61.2. The summed E-state index contributed by atoms with van der Waals surface area (Å²) in [7, 11) is 0. The number of hydrogen-bond donors (Lipinski definition) is 1. The molecule has 4 bridgehead atoms. The lowest BCUT2D eigenvalue weighted by molar-refractivity contribution is -0.210. The maximum Gasteiger partial charge on any atom is 0.302 e. The molecule has 6 aliphatic rings. The molecule has 0 aromatic heterocycles. The Morgan fingerprint density at radius 3 is 2.48 bits per heavy atom. The van der Waals surface area contributed by atoms with Crippen LogP contribution in [0.25, 0.3) is 0 Å². The van der Waals surface area contributed by atoms with Gasteiger partial charge in [-0.3, -0.25) is 4.79 Å². The minimum Gasteiger partial charge on any atom is -0.465 e. The Hall–Kier alpha value is -0.570. The summed E-state index contributed by atoms with van der Waals surface area (Å²) in [6.07, 6.45) is 8.57. The number of carbonyl (C=O) groups excluding carboxylic acids is 1. The Morgan fingerprint density at radius 2 is 1.84 bits per heavy atom. The van der Waals surface area contributed by atoms with E-state index in [-0.39, 0.29) is 17.5 Å². The monoisotopic (exact) mass is 346 g/mol. The molecule has 6 fully saturated rings. The highest BCUT2D eigenvalue weighted by Crippen LogP contribution is 2.85. The molecule has 3 heteroatoms. The summed E-state index contributed by atoms with van der Waals surface area (Å²) in [6, 6.07) is 0. The minimum atomic E-state index is -0.345. The molecule has 0 heterocycles. The summed E-state index contributed by atoms with van der Waals surface area (Å²) in [5, 5.41) is 10.9. The lowest BCUT2D eigenvalue weighted by Crippen LogP contribution is -2.62. The quantitative estimate of drug-likeness (QED) is 0.763. The first-order valence-corrected chi connectivity index (χ1v) is 10.5. The van der Waals surface area contributed by atoms with Crippen LogP contribution in [0.15, 0.2) is 0 Å². The van der Waals surface area contributed by atoms with Crippen molar-refractivity contribution in [1.29, 1.82) is 0 Å². The summed E-state index contributed by atoms with van der Waals surface area (Å²) < 4.78 is 5.47. The van der Waals surface area contributed by atoms with Gasteiger partial charge < -0.3 is 9.84 Å². The van der Waals surface area contributed by atoms with Crippen LogP contribution < -0.4 is 0 Å². The van der Waals surface area contributed by atoms with E-state index in [4.69, 9.17) is 4.74 Å². The van der Waals surface area contributed by atoms with Gasteiger partial charge in [0.25, 0.3) is 0 Å². The summed E-state index contributed by atoms with van der Waals surface area (Å²) in [4.78, 5) is 11.4. The molecular formula is C22H34O3. The van der Waals surface area contributed by atoms with Gasteiger partial charge in [0.1, 0.15) is 0 Å². The fraction of sp³-hybridized carbons (Fsp3) is 0.955. The summed E-state index contributed by atoms with van der Waals surface area (Å²) in [5.41, 5.74) is 1.29. The third-order valence-corrected chi connectivity index (χ3v) is 10.3. The summed E-state index contributed by atoms with van der Waals surface area (Å²) >= 11 is 0. The number of carbonyl (C=O) groups is 1. The second-order valence-corrected chi connectivity index (χ2v) is 11.2. The van der Waals surface area contributed by atoms with E-state index >= 15 is 0 Å². The Bertz CT molecular complexity index is 631. The topological polar surface area (TPSA) is 46.5 Å². The van der Waals surface area contributed by atoms with Crippen molar-refractivity contribution in [1.82, 2.24) is 0 Å². The Balaban J connectivity index is 1.48. The van der Waals surface area contributed by atoms with Crippen LogP contribution in [0.4, 0.5) is 0 Å². The molecule has 1 N–H and O–H groups in total. The highest BCUT2D eigenvalue weighted by Gasteiger charge is 2.78. The van der Waals surface area contributed by atoms with Crippen LogP contribution in [0.5, 0.6) is 0 Å². The molecule has 0 saturated heterocycles. The van der Waals surface area contributed by atoms with E-state index in [1.807, 2.05) is 0 Å². The van der Waals surface area contributed by atoms with Crippen LogP contribution in [-0.2, 0) is 9.53 Å². The number of aliphatic hydroxyl groups is 1. The van der Waals surface area contributed by atoms with Gasteiger partial charge in [-0.1, -0.05) is 20.8 Å². The zero-order valence-electron chi connectivity index (χ0n) is 16.3. The average molecular weight is 347 g/mol. The number of esters is 1. The lowest BCUT2D eigenvalue weighted by atomic mass is 9.39. The largest absolute Gasteiger partial charge is 0.465 e. The molecule has 0 aliphatic heterocycles. The maximum atomic E-state index is 11.4. The van der Waals surface area contributed by atoms with Crippen LogP contribution in [-0.4, -0.2) is 23.8 Å². The van der Waals surface area contributed by atoms with Crippen molar-refractivity contribution in [2.45, 2.75) is 78.7 Å². The van der Waals surface area contributed by atoms with Crippen LogP contribution in [0.2, 0.25) is 0 Å². The fourth-order valence-electron chi connectivity index (χ4n) is 9.11. The van der Waals surface area contributed by atoms with Crippen LogP contribution >= 0.6 is 0 Å². The average Bonchev–Trinajstić information content (AvgIpc) is 3.00. The predicted molar refractivity (Wildman–Crippen MR) is 95.7 cm³/mol. The van der Waals surface area contributed by atoms with E-state index in [1.54, 1.807) is 0 Å². The number of rotatable bonds is 2. The molecule has 140 valence electrons. The first-order valence-electron chi connectivity index (χ1n) is 10.5. The van der Waals surface area contributed by atoms with Gasteiger partial charge in [0.05, 0.1) is 12.7 Å². The van der Waals surface area contributed by atoms with Crippen molar-refractivity contribution in [2.24, 2.45) is 45.3 Å². The van der Waals surface area contributed by atoms with E-state index in [0.717, 1.165) is 30.6 Å². The Morgan fingerprint density at radius 1 is 1.08 bits per heavy atom. The first-order chi connectivity index (χ1) is 11.7. The number of hydrogen-bond acceptors (Lipinski definition) is 3. The molecule has 6 rings (SSSR count). The zero-order valence-corrected chi connectivity index (χ0v) is 16.3. The van der Waals surface area contributed by atoms with Gasteiger partial charge in [-0.05, 0) is 84.9 Å². The van der Waals surface area contributed by atoms with Gasteiger partial charge in [-0.25, -0.2) is 0 Å². The first kappa shape index (κ1) is 16.6. The van der Waals surface area contributed by atoms with Gasteiger partial charge in [-0.2, -0.15) is 0 Å². The third kappa shape index (κ3) is 1.84. The molecule has 0 aromatic rings. The molecule has 3 nitrogen and oxygen atoms in total. The molecule has 25 heavy (non-hydrogen) atoms. The molecule has 0 radical (unpaired) electrons. The standard InChI is InChI=1S/C22H34O3/c1-13(23)25-12-21(4)16-5-8-22-10-15-14(20(15,3)11-22)9-17(22)19(16,2)7-6-18(21)24/h14-18,24H,5-12H2,1-4H3/t14-,15+,16?,17+,18-,19-,20+,21-,22+/m1/s1. The lowest BCUT2D eigenvalue weighted by Gasteiger charge is -2.66. The maximum absolute atomic E-state index is 11.4. The molecule has 1 spiro atoms. The molecule has 0 aromatic carbocycles. The van der Waals surface area contributed by atoms with Crippen molar-refractivity contribution in [2.75, 3.05) is 6.61 Å². The van der Waals surface area contributed by atoms with Crippen molar-refractivity contribution in [3.05, 3.63) is 0 Å². The van der Waals surface area contributed by atoms with Gasteiger partial charge in [0.15, 0.2) is 0 Å². The van der Waals surface area contributed by atoms with Crippen LogP contribution in [0, 0.1) is 45.3 Å². The highest BCUT2D eigenvalue weighted by molar-refractivity contribution is 5.65. The zero-order chi connectivity index (χ0) is 17.8. The van der Waals surface area contributed by atoms with Crippen molar-refractivity contribution in [3.63, 3.8) is 0 Å². The number of ether oxygens (including phenoxy) is 1. The number of fused-ring (bicyclic) bond motifs is 1. The van der Waals surface area contributed by atoms with Crippen LogP contribution in [0.1, 0.15) is 72.6 Å². The van der Waals surface area contributed by atoms with E-state index in [0.29, 0.717) is 28.8 Å². The van der Waals surface area contributed by atoms with Crippen molar-refractivity contribution < 1.29 is 14.6 Å². The SMILES string of the molecule is CC(=O)OC[C@]1(C)C2CC[C@@]34C[C@H]5[C@@H](C[C@H]3[C@]2(C)CC[C@H]1O)[C@]5(C)C4. The van der Waals surface area contributed by atoms with Crippen molar-refractivity contribution in [3.8, 4) is 0 Å². The second kappa shape index (κ2) is 4.64. The highest BCUT2D eigenvalue weighted by atomic mass is 16.5. The molecule has 1 unspecified atom stereocenters. The Labute approximate surface area is 151 Å². The van der Waals surface area contributed by atoms with Gasteiger partial charge >= 0.3 is 5.97 Å². The second-order valence-electron chi connectivity index (χ2n) is 11.2. The van der Waals surface area contributed by atoms with E-state index < -0.39 is 0 Å². The molecule has 6 saturated carbocycles. The minimum absolute atomic E-state index is 0.221. The fourth-order valence-corrected chi connectivity index (χ4v) is 9.11. The summed E-state index contributed by atoms with van der Waals surface area (Å²) in [5.74, 6) is 3.06. The summed E-state index contributed by atoms with van der Waals surface area (Å²) in [6.45, 7) is 9.13. The van der Waals surface area contributed by atoms with E-state index in [9.17, 15) is 9.90 Å². The van der Waals surface area contributed by atoms with Gasteiger partial charge in [0.2, 0.25) is 0 Å². The van der Waals surface area contributed by atoms with E-state index in [2.05, 4.69) is 20.8 Å². The molecule has 0 amide bonds. The smallest absolute Gasteiger partial charge is 0.302 e. The van der Waals surface area contributed by atoms with Gasteiger partial charge in [0, 0.05) is 12.3 Å². The third-order valence-electron chi connectivity index (χ3n) is 10.3. The molecular weight excluding hydrogens is 312 g/mol. The van der Waals surface area contributed by atoms with Crippen LogP contribution in [0.3, 0.4) is 0 Å².